The van der Waals surface area contributed by atoms with Gasteiger partial charge in [-0.25, -0.2) is 14.3 Å². The highest BCUT2D eigenvalue weighted by atomic mass is 16.2. The van der Waals surface area contributed by atoms with Gasteiger partial charge in [0.05, 0.1) is 17.3 Å². The summed E-state index contributed by atoms with van der Waals surface area (Å²) in [7, 11) is 1.69. The topological polar surface area (TPSA) is 119 Å². The van der Waals surface area contributed by atoms with Gasteiger partial charge in [0, 0.05) is 93.4 Å². The number of carbonyl (C=O) groups is 1. The molecule has 10 nitrogen and oxygen atoms in total. The number of pyridine rings is 2. The van der Waals surface area contributed by atoms with Crippen LogP contribution in [0.3, 0.4) is 0 Å². The van der Waals surface area contributed by atoms with Gasteiger partial charge in [-0.1, -0.05) is 13.8 Å². The van der Waals surface area contributed by atoms with E-state index in [9.17, 15) is 10.1 Å². The van der Waals surface area contributed by atoms with Crippen LogP contribution in [0.1, 0.15) is 31.4 Å². The minimum atomic E-state index is 0.149. The monoisotopic (exact) mass is 511 g/mol. The second-order valence-electron chi connectivity index (χ2n) is 10.6. The van der Waals surface area contributed by atoms with E-state index in [0.717, 1.165) is 60.7 Å². The van der Waals surface area contributed by atoms with Crippen LogP contribution in [0.5, 0.6) is 0 Å². The minimum absolute atomic E-state index is 0.149. The molecular formula is C28H33N9O. The van der Waals surface area contributed by atoms with Crippen LogP contribution in [-0.4, -0.2) is 83.0 Å². The van der Waals surface area contributed by atoms with E-state index in [-0.39, 0.29) is 11.4 Å². The Balaban J connectivity index is 1.35. The molecule has 2 aliphatic rings. The summed E-state index contributed by atoms with van der Waals surface area (Å²) in [6.45, 7) is 8.91. The number of piperazine rings is 1. The summed E-state index contributed by atoms with van der Waals surface area (Å²) in [6.07, 6.45) is 9.47. The Labute approximate surface area is 222 Å². The van der Waals surface area contributed by atoms with Crippen molar-refractivity contribution < 1.29 is 4.79 Å². The molecule has 196 valence electrons. The van der Waals surface area contributed by atoms with Gasteiger partial charge in [-0.2, -0.15) is 10.4 Å². The average Bonchev–Trinajstić information content (AvgIpc) is 3.53. The molecule has 5 rings (SSSR count). The molecule has 2 aliphatic heterocycles. The Morgan fingerprint density at radius 1 is 1.16 bits per heavy atom. The summed E-state index contributed by atoms with van der Waals surface area (Å²) in [5.74, 6) is 0.866. The Kier molecular flexibility index (Phi) is 6.76. The molecule has 2 amide bonds. The first kappa shape index (κ1) is 25.3. The summed E-state index contributed by atoms with van der Waals surface area (Å²) >= 11 is 0. The Hall–Kier alpha value is -4.39. The first-order chi connectivity index (χ1) is 18.3. The lowest BCUT2D eigenvalue weighted by atomic mass is 9.93. The van der Waals surface area contributed by atoms with Gasteiger partial charge in [-0.3, -0.25) is 4.99 Å². The maximum Gasteiger partial charge on any atom is 0.320 e. The van der Waals surface area contributed by atoms with Crippen molar-refractivity contribution in [2.45, 2.75) is 20.3 Å². The summed E-state index contributed by atoms with van der Waals surface area (Å²) in [4.78, 5) is 28.0. The molecule has 38 heavy (non-hydrogen) atoms. The van der Waals surface area contributed by atoms with E-state index in [1.54, 1.807) is 24.0 Å². The predicted molar refractivity (Wildman–Crippen MR) is 149 cm³/mol. The third-order valence-electron chi connectivity index (χ3n) is 7.39. The number of aromatic nitrogens is 3. The van der Waals surface area contributed by atoms with Crippen LogP contribution in [0, 0.1) is 16.7 Å². The molecule has 2 fully saturated rings. The number of fused-ring (bicyclic) bond motifs is 1. The number of likely N-dealkylation sites (tertiary alicyclic amines) is 1. The fraction of sp³-hybridized carbons (Fsp3) is 0.393. The van der Waals surface area contributed by atoms with Crippen LogP contribution in [0.15, 0.2) is 48.0 Å². The normalized spacial score (nSPS) is 17.9. The van der Waals surface area contributed by atoms with E-state index >= 15 is 0 Å². The van der Waals surface area contributed by atoms with Crippen molar-refractivity contribution in [3.05, 3.63) is 54.1 Å². The second kappa shape index (κ2) is 10.2. The van der Waals surface area contributed by atoms with Crippen LogP contribution in [0.2, 0.25) is 0 Å². The Bertz CT molecular complexity index is 1440. The first-order valence-electron chi connectivity index (χ1n) is 12.8. The van der Waals surface area contributed by atoms with Gasteiger partial charge in [-0.05, 0) is 30.0 Å². The van der Waals surface area contributed by atoms with Crippen molar-refractivity contribution in [2.24, 2.45) is 16.1 Å². The van der Waals surface area contributed by atoms with Gasteiger partial charge in [-0.15, -0.1) is 0 Å². The van der Waals surface area contributed by atoms with Crippen molar-refractivity contribution in [1.29, 1.82) is 5.26 Å². The van der Waals surface area contributed by atoms with E-state index in [0.29, 0.717) is 24.2 Å². The van der Waals surface area contributed by atoms with Crippen molar-refractivity contribution in [2.75, 3.05) is 51.2 Å². The Morgan fingerprint density at radius 3 is 2.55 bits per heavy atom. The maximum absolute atomic E-state index is 13.0. The smallest absolute Gasteiger partial charge is 0.320 e. The number of rotatable bonds is 4. The number of hydrogen-bond donors (Lipinski definition) is 1. The molecule has 3 aromatic rings. The number of carbonyl (C=O) groups excluding carboxylic acids is 1. The van der Waals surface area contributed by atoms with E-state index in [2.05, 4.69) is 34.9 Å². The highest BCUT2D eigenvalue weighted by Crippen LogP contribution is 2.32. The number of allylic oxidation sites excluding steroid dienone is 1. The molecule has 0 aromatic carbocycles. The molecule has 10 heteroatoms. The van der Waals surface area contributed by atoms with Crippen LogP contribution < -0.4 is 10.6 Å². The number of amides is 2. The Morgan fingerprint density at radius 2 is 1.95 bits per heavy atom. The molecule has 0 unspecified atom stereocenters. The molecule has 2 saturated heterocycles. The van der Waals surface area contributed by atoms with E-state index in [1.165, 1.54) is 6.20 Å². The molecule has 2 N–H and O–H groups in total. The zero-order valence-electron chi connectivity index (χ0n) is 22.1. The fourth-order valence-corrected chi connectivity index (χ4v) is 5.27. The van der Waals surface area contributed by atoms with Crippen LogP contribution >= 0.6 is 0 Å². The fourth-order valence-electron chi connectivity index (χ4n) is 5.27. The lowest BCUT2D eigenvalue weighted by Crippen LogP contribution is -2.52. The third kappa shape index (κ3) is 4.79. The van der Waals surface area contributed by atoms with Gasteiger partial charge in [0.1, 0.15) is 11.9 Å². The largest absolute Gasteiger partial charge is 0.404 e. The van der Waals surface area contributed by atoms with Gasteiger partial charge in [0.15, 0.2) is 0 Å². The molecular weight excluding hydrogens is 478 g/mol. The van der Waals surface area contributed by atoms with Gasteiger partial charge in [0.25, 0.3) is 0 Å². The summed E-state index contributed by atoms with van der Waals surface area (Å²) < 4.78 is 1.70. The highest BCUT2D eigenvalue weighted by Gasteiger charge is 2.35. The summed E-state index contributed by atoms with van der Waals surface area (Å²) in [5, 5.41) is 14.0. The van der Waals surface area contributed by atoms with E-state index < -0.39 is 0 Å². The number of hydrogen-bond acceptors (Lipinski definition) is 7. The number of aliphatic imine (C=N–C) groups is 1. The molecule has 0 saturated carbocycles. The number of nitrogens with zero attached hydrogens (tertiary/aromatic N) is 8. The molecule has 0 spiro atoms. The van der Waals surface area contributed by atoms with Gasteiger partial charge in [0.2, 0.25) is 0 Å². The van der Waals surface area contributed by atoms with Crippen molar-refractivity contribution in [1.82, 2.24) is 24.4 Å². The second-order valence-corrected chi connectivity index (χ2v) is 10.6. The lowest BCUT2D eigenvalue weighted by molar-refractivity contribution is 0.155. The molecule has 0 aliphatic carbocycles. The zero-order chi connectivity index (χ0) is 26.9. The average molecular weight is 512 g/mol. The van der Waals surface area contributed by atoms with Crippen LogP contribution in [-0.2, 0) is 0 Å². The molecule has 3 aromatic heterocycles. The van der Waals surface area contributed by atoms with Gasteiger partial charge < -0.3 is 20.4 Å². The molecule has 5 heterocycles. The maximum atomic E-state index is 13.0. The minimum Gasteiger partial charge on any atom is -0.404 e. The first-order valence-corrected chi connectivity index (χ1v) is 12.8. The van der Waals surface area contributed by atoms with Crippen molar-refractivity contribution >= 4 is 29.2 Å². The number of urea groups is 1. The van der Waals surface area contributed by atoms with Crippen LogP contribution in [0.25, 0.3) is 22.2 Å². The number of anilines is 1. The predicted octanol–water partition coefficient (Wildman–Crippen LogP) is 3.24. The van der Waals surface area contributed by atoms with Crippen molar-refractivity contribution in [3.8, 4) is 17.2 Å². The number of nitriles is 1. The summed E-state index contributed by atoms with van der Waals surface area (Å²) in [6, 6.07) is 8.38. The quantitative estimate of drug-likeness (QED) is 0.537. The zero-order valence-corrected chi connectivity index (χ0v) is 22.1. The van der Waals surface area contributed by atoms with Gasteiger partial charge >= 0.3 is 6.03 Å². The lowest BCUT2D eigenvalue weighted by Gasteiger charge is -2.37. The molecule has 0 bridgehead atoms. The molecule has 0 radical (unpaired) electrons. The van der Waals surface area contributed by atoms with Crippen LogP contribution in [0.4, 0.5) is 10.6 Å². The number of nitrogens with two attached hydrogens (primary N) is 1. The standard InChI is InChI=1S/C28H33N9O/c1-28(2)6-7-36(19-28)27(38)35-10-8-34(9-11-35)25-5-4-20(16-32-25)24-12-21(22(13-29)15-31-3)18-37-26(24)23(14-30)17-33-37/h4-5,12-13,15-18H,6-11,19,29H2,1-3H3. The molecule has 0 atom stereocenters. The highest BCUT2D eigenvalue weighted by molar-refractivity contribution is 6.10. The third-order valence-corrected chi connectivity index (χ3v) is 7.39. The SMILES string of the molecule is CN=CC(=CN)c1cc(-c2ccc(N3CCN(C(=O)N4CCC(C)(C)C4)CC3)nc2)c2c(C#N)cnn2c1. The van der Waals surface area contributed by atoms with Crippen molar-refractivity contribution in [3.63, 3.8) is 0 Å². The van der Waals surface area contributed by atoms with E-state index in [4.69, 9.17) is 10.7 Å². The summed E-state index contributed by atoms with van der Waals surface area (Å²) in [5.41, 5.74) is 10.5. The van der Waals surface area contributed by atoms with E-state index in [1.807, 2.05) is 40.4 Å².